The molecule has 94 valence electrons. The number of Topliss-reactive ketones (excluding diaryl/α,β-unsaturated/α-hetero) is 1. The van der Waals surface area contributed by atoms with Crippen molar-refractivity contribution in [3.05, 3.63) is 11.9 Å². The fourth-order valence-corrected chi connectivity index (χ4v) is 2.27. The zero-order chi connectivity index (χ0) is 12.1. The van der Waals surface area contributed by atoms with Crippen LogP contribution in [0.1, 0.15) is 37.8 Å². The molecule has 5 heteroatoms. The number of aromatic nitrogens is 3. The molecule has 17 heavy (non-hydrogen) atoms. The van der Waals surface area contributed by atoms with E-state index < -0.39 is 0 Å². The maximum Gasteiger partial charge on any atom is 0.139 e. The van der Waals surface area contributed by atoms with Crippen LogP contribution in [-0.4, -0.2) is 33.4 Å². The predicted octanol–water partition coefficient (Wildman–Crippen LogP) is 0.849. The van der Waals surface area contributed by atoms with Gasteiger partial charge in [0.15, 0.2) is 0 Å². The van der Waals surface area contributed by atoms with Crippen molar-refractivity contribution >= 4 is 5.78 Å². The first-order chi connectivity index (χ1) is 8.24. The third-order valence-electron chi connectivity index (χ3n) is 3.21. The van der Waals surface area contributed by atoms with E-state index in [-0.39, 0.29) is 5.78 Å². The summed E-state index contributed by atoms with van der Waals surface area (Å²) in [6.45, 7) is 1.10. The van der Waals surface area contributed by atoms with Gasteiger partial charge in [-0.2, -0.15) is 0 Å². The maximum atomic E-state index is 11.8. The lowest BCUT2D eigenvalue weighted by Crippen LogP contribution is -2.34. The number of nitrogens with one attached hydrogen (secondary N) is 1. The van der Waals surface area contributed by atoms with E-state index in [1.165, 1.54) is 19.3 Å². The average molecular weight is 236 g/mol. The Kier molecular flexibility index (Phi) is 4.25. The minimum absolute atomic E-state index is 0.262. The van der Waals surface area contributed by atoms with Crippen molar-refractivity contribution in [2.45, 2.75) is 44.6 Å². The molecular formula is C12H20N4O. The van der Waals surface area contributed by atoms with Crippen molar-refractivity contribution in [1.82, 2.24) is 20.3 Å². The van der Waals surface area contributed by atoms with Crippen LogP contribution in [0.3, 0.4) is 0 Å². The van der Waals surface area contributed by atoms with E-state index in [9.17, 15) is 4.79 Å². The molecule has 2 rings (SSSR count). The van der Waals surface area contributed by atoms with Crippen LogP contribution in [0.5, 0.6) is 0 Å². The number of carbonyl (C=O) groups is 1. The van der Waals surface area contributed by atoms with Crippen LogP contribution in [-0.2, 0) is 18.3 Å². The predicted molar refractivity (Wildman–Crippen MR) is 64.6 cm³/mol. The lowest BCUT2D eigenvalue weighted by atomic mass is 9.98. The zero-order valence-corrected chi connectivity index (χ0v) is 10.4. The molecule has 0 spiro atoms. The molecule has 1 atom stereocenters. The number of nitrogens with zero attached hydrogens (tertiary/aromatic N) is 3. The first-order valence-electron chi connectivity index (χ1n) is 6.34. The van der Waals surface area contributed by atoms with Gasteiger partial charge in [0.25, 0.3) is 0 Å². The lowest BCUT2D eigenvalue weighted by Gasteiger charge is -2.22. The second-order valence-electron chi connectivity index (χ2n) is 4.78. The number of carbonyl (C=O) groups excluding carboxylic acids is 1. The van der Waals surface area contributed by atoms with Gasteiger partial charge in [-0.3, -0.25) is 9.48 Å². The molecule has 0 radical (unpaired) electrons. The van der Waals surface area contributed by atoms with Gasteiger partial charge >= 0.3 is 0 Å². The van der Waals surface area contributed by atoms with Crippen molar-refractivity contribution in [3.8, 4) is 0 Å². The lowest BCUT2D eigenvalue weighted by molar-refractivity contribution is -0.118. The number of hydrogen-bond acceptors (Lipinski definition) is 4. The van der Waals surface area contributed by atoms with Crippen molar-refractivity contribution in [1.29, 1.82) is 0 Å². The molecule has 2 heterocycles. The topological polar surface area (TPSA) is 59.8 Å². The Morgan fingerprint density at radius 1 is 1.59 bits per heavy atom. The highest BCUT2D eigenvalue weighted by atomic mass is 16.1. The first-order valence-corrected chi connectivity index (χ1v) is 6.34. The number of ketones is 1. The summed E-state index contributed by atoms with van der Waals surface area (Å²) in [5.41, 5.74) is 0.772. The maximum absolute atomic E-state index is 11.8. The van der Waals surface area contributed by atoms with Crippen molar-refractivity contribution in [2.75, 3.05) is 6.54 Å². The van der Waals surface area contributed by atoms with Gasteiger partial charge in [0.05, 0.1) is 12.1 Å². The molecular weight excluding hydrogens is 216 g/mol. The monoisotopic (exact) mass is 236 g/mol. The third-order valence-corrected chi connectivity index (χ3v) is 3.21. The summed E-state index contributed by atoms with van der Waals surface area (Å²) >= 11 is 0. The molecule has 1 aliphatic heterocycles. The fourth-order valence-electron chi connectivity index (χ4n) is 2.27. The van der Waals surface area contributed by atoms with Gasteiger partial charge in [-0.05, 0) is 25.8 Å². The van der Waals surface area contributed by atoms with Gasteiger partial charge in [0.2, 0.25) is 0 Å². The van der Waals surface area contributed by atoms with Crippen molar-refractivity contribution < 1.29 is 4.79 Å². The summed E-state index contributed by atoms with van der Waals surface area (Å²) in [4.78, 5) is 11.8. The first kappa shape index (κ1) is 12.2. The van der Waals surface area contributed by atoms with Crippen LogP contribution in [0, 0.1) is 0 Å². The minimum Gasteiger partial charge on any atom is -0.314 e. The Morgan fingerprint density at radius 2 is 2.47 bits per heavy atom. The highest BCUT2D eigenvalue weighted by Crippen LogP contribution is 2.12. The smallest absolute Gasteiger partial charge is 0.139 e. The quantitative estimate of drug-likeness (QED) is 0.823. The second-order valence-corrected chi connectivity index (χ2v) is 4.78. The molecule has 0 aromatic carbocycles. The van der Waals surface area contributed by atoms with E-state index in [2.05, 4.69) is 15.6 Å². The van der Waals surface area contributed by atoms with Crippen molar-refractivity contribution in [2.24, 2.45) is 7.05 Å². The van der Waals surface area contributed by atoms with Crippen LogP contribution < -0.4 is 5.32 Å². The van der Waals surface area contributed by atoms with E-state index in [4.69, 9.17) is 0 Å². The summed E-state index contributed by atoms with van der Waals surface area (Å²) < 4.78 is 1.63. The van der Waals surface area contributed by atoms with Crippen LogP contribution in [0.25, 0.3) is 0 Å². The molecule has 5 nitrogen and oxygen atoms in total. The van der Waals surface area contributed by atoms with E-state index >= 15 is 0 Å². The summed E-state index contributed by atoms with van der Waals surface area (Å²) in [6, 6.07) is 0.537. The molecule has 1 unspecified atom stereocenters. The van der Waals surface area contributed by atoms with E-state index in [0.29, 0.717) is 18.9 Å². The van der Waals surface area contributed by atoms with Gasteiger partial charge in [0.1, 0.15) is 5.78 Å². The van der Waals surface area contributed by atoms with Crippen LogP contribution in [0.15, 0.2) is 6.20 Å². The largest absolute Gasteiger partial charge is 0.314 e. The molecule has 0 bridgehead atoms. The van der Waals surface area contributed by atoms with Crippen molar-refractivity contribution in [3.63, 3.8) is 0 Å². The molecule has 1 aromatic rings. The van der Waals surface area contributed by atoms with E-state index in [1.54, 1.807) is 10.9 Å². The average Bonchev–Trinajstić information content (AvgIpc) is 2.73. The van der Waals surface area contributed by atoms with Gasteiger partial charge in [0, 0.05) is 25.7 Å². The molecule has 1 aliphatic rings. The number of aryl methyl sites for hydroxylation is 1. The summed E-state index contributed by atoms with van der Waals surface area (Å²) in [5.74, 6) is 0.262. The van der Waals surface area contributed by atoms with Gasteiger partial charge in [-0.15, -0.1) is 5.10 Å². The molecule has 1 saturated heterocycles. The number of rotatable bonds is 5. The van der Waals surface area contributed by atoms with Gasteiger partial charge in [-0.25, -0.2) is 0 Å². The Bertz CT molecular complexity index is 368. The van der Waals surface area contributed by atoms with E-state index in [0.717, 1.165) is 18.7 Å². The van der Waals surface area contributed by atoms with Crippen LogP contribution in [0.4, 0.5) is 0 Å². The molecule has 0 saturated carbocycles. The molecule has 0 aliphatic carbocycles. The molecule has 1 N–H and O–H groups in total. The number of hydrogen-bond donors (Lipinski definition) is 1. The molecule has 0 amide bonds. The standard InChI is InChI=1S/C12H20N4O/c1-16-9-11(14-15-16)8-12(17)6-5-10-4-2-3-7-13-10/h9-10,13H,2-8H2,1H3. The van der Waals surface area contributed by atoms with Crippen LogP contribution in [0.2, 0.25) is 0 Å². The fraction of sp³-hybridized carbons (Fsp3) is 0.750. The highest BCUT2D eigenvalue weighted by Gasteiger charge is 2.14. The third kappa shape index (κ3) is 3.93. The molecule has 1 fully saturated rings. The summed E-state index contributed by atoms with van der Waals surface area (Å²) in [5, 5.41) is 11.2. The summed E-state index contributed by atoms with van der Waals surface area (Å²) in [6.07, 6.45) is 7.59. The Hall–Kier alpha value is -1.23. The summed E-state index contributed by atoms with van der Waals surface area (Å²) in [7, 11) is 1.81. The Balaban J connectivity index is 1.70. The van der Waals surface area contributed by atoms with Gasteiger partial charge in [-0.1, -0.05) is 11.6 Å². The Labute approximate surface area is 102 Å². The second kappa shape index (κ2) is 5.91. The molecule has 1 aromatic heterocycles. The zero-order valence-electron chi connectivity index (χ0n) is 10.4. The SMILES string of the molecule is Cn1cc(CC(=O)CCC2CCCCN2)nn1. The Morgan fingerprint density at radius 3 is 3.12 bits per heavy atom. The normalized spacial score (nSPS) is 20.4. The highest BCUT2D eigenvalue weighted by molar-refractivity contribution is 5.80. The van der Waals surface area contributed by atoms with Gasteiger partial charge < -0.3 is 5.32 Å². The van der Waals surface area contributed by atoms with Crippen LogP contribution >= 0.6 is 0 Å². The number of piperidine rings is 1. The minimum atomic E-state index is 0.262. The van der Waals surface area contributed by atoms with E-state index in [1.807, 2.05) is 7.05 Å².